The first-order valence-electron chi connectivity index (χ1n) is 9.33. The van der Waals surface area contributed by atoms with E-state index in [-0.39, 0.29) is 0 Å². The molecule has 0 aromatic carbocycles. The minimum Gasteiger partial charge on any atom is -0.119 e. The molecule has 2 unspecified atom stereocenters. The van der Waals surface area contributed by atoms with Crippen LogP contribution in [0.25, 0.3) is 0 Å². The zero-order valence-corrected chi connectivity index (χ0v) is 16.1. The lowest BCUT2D eigenvalue weighted by Gasteiger charge is -2.28. The van der Waals surface area contributed by atoms with Gasteiger partial charge in [-0.25, -0.2) is 0 Å². The molecule has 0 aromatic heterocycles. The molecule has 0 saturated heterocycles. The monoisotopic (exact) mass is 316 g/mol. The lowest BCUT2D eigenvalue weighted by molar-refractivity contribution is 0.521. The molecule has 0 bridgehead atoms. The summed E-state index contributed by atoms with van der Waals surface area (Å²) in [4.78, 5) is 0. The van der Waals surface area contributed by atoms with Crippen molar-refractivity contribution in [3.8, 4) is 0 Å². The zero-order valence-electron chi connectivity index (χ0n) is 14.1. The number of hydrogen-bond donors (Lipinski definition) is 0. The molecule has 120 valence electrons. The molecule has 1 aliphatic carbocycles. The molecule has 20 heavy (non-hydrogen) atoms. The Hall–Kier alpha value is 0.860. The Morgan fingerprint density at radius 3 is 1.35 bits per heavy atom. The molecule has 1 saturated carbocycles. The zero-order chi connectivity index (χ0) is 14.5. The van der Waals surface area contributed by atoms with Gasteiger partial charge in [-0.15, -0.1) is 17.2 Å². The Balaban J connectivity index is 1.91. The predicted octanol–water partition coefficient (Wildman–Crippen LogP) is 6.82. The standard InChI is InChI=1S/C18H38P2/c1-3-5-7-9-15-19-17-11-13-18(14-12-17)20-16-10-8-6-4-2/h17-20H,3-16H2,1-2H3. The van der Waals surface area contributed by atoms with Crippen LogP contribution in [-0.4, -0.2) is 23.6 Å². The summed E-state index contributed by atoms with van der Waals surface area (Å²) in [5, 5.41) is 0. The van der Waals surface area contributed by atoms with Crippen LogP contribution in [0.15, 0.2) is 0 Å². The quantitative estimate of drug-likeness (QED) is 0.274. The van der Waals surface area contributed by atoms with E-state index >= 15 is 0 Å². The van der Waals surface area contributed by atoms with E-state index in [0.29, 0.717) is 0 Å². The van der Waals surface area contributed by atoms with Gasteiger partial charge in [-0.3, -0.25) is 0 Å². The van der Waals surface area contributed by atoms with Crippen LogP contribution in [0.1, 0.15) is 90.9 Å². The first kappa shape index (κ1) is 18.9. The van der Waals surface area contributed by atoms with Crippen molar-refractivity contribution in [3.05, 3.63) is 0 Å². The lowest BCUT2D eigenvalue weighted by Crippen LogP contribution is -2.16. The van der Waals surface area contributed by atoms with Crippen molar-refractivity contribution in [1.82, 2.24) is 0 Å². The van der Waals surface area contributed by atoms with Gasteiger partial charge >= 0.3 is 0 Å². The third-order valence-corrected chi connectivity index (χ3v) is 8.25. The average molecular weight is 316 g/mol. The van der Waals surface area contributed by atoms with Gasteiger partial charge in [-0.05, 0) is 62.2 Å². The molecule has 1 rings (SSSR count). The fraction of sp³-hybridized carbons (Fsp3) is 1.00. The van der Waals surface area contributed by atoms with Crippen molar-refractivity contribution in [2.45, 2.75) is 102 Å². The lowest BCUT2D eigenvalue weighted by atomic mass is 10.00. The highest BCUT2D eigenvalue weighted by Gasteiger charge is 2.20. The first-order chi connectivity index (χ1) is 9.86. The van der Waals surface area contributed by atoms with E-state index in [2.05, 4.69) is 13.8 Å². The van der Waals surface area contributed by atoms with E-state index in [9.17, 15) is 0 Å². The molecule has 2 heteroatoms. The second-order valence-corrected chi connectivity index (χ2v) is 10.0. The van der Waals surface area contributed by atoms with Crippen LogP contribution in [0.3, 0.4) is 0 Å². The molecule has 2 atom stereocenters. The smallest absolute Gasteiger partial charge is 0.0236 e. The summed E-state index contributed by atoms with van der Waals surface area (Å²) in [5.74, 6) is 0. The van der Waals surface area contributed by atoms with E-state index in [1.54, 1.807) is 25.7 Å². The molecule has 0 radical (unpaired) electrons. The van der Waals surface area contributed by atoms with Gasteiger partial charge in [0.1, 0.15) is 0 Å². The Morgan fingerprint density at radius 1 is 0.600 bits per heavy atom. The largest absolute Gasteiger partial charge is 0.119 e. The fourth-order valence-electron chi connectivity index (χ4n) is 3.22. The predicted molar refractivity (Wildman–Crippen MR) is 101 cm³/mol. The van der Waals surface area contributed by atoms with Crippen LogP contribution < -0.4 is 0 Å². The van der Waals surface area contributed by atoms with E-state index in [1.807, 2.05) is 0 Å². The van der Waals surface area contributed by atoms with E-state index in [4.69, 9.17) is 0 Å². The van der Waals surface area contributed by atoms with Crippen molar-refractivity contribution in [2.24, 2.45) is 0 Å². The highest BCUT2D eigenvalue weighted by atomic mass is 31.1. The summed E-state index contributed by atoms with van der Waals surface area (Å²) in [7, 11) is 2.58. The minimum absolute atomic E-state index is 1.12. The van der Waals surface area contributed by atoms with Gasteiger partial charge < -0.3 is 0 Å². The van der Waals surface area contributed by atoms with Crippen LogP contribution in [0.5, 0.6) is 0 Å². The molecule has 1 aliphatic rings. The van der Waals surface area contributed by atoms with E-state index in [0.717, 1.165) is 11.3 Å². The van der Waals surface area contributed by atoms with Gasteiger partial charge in [0.2, 0.25) is 0 Å². The maximum atomic E-state index is 2.31. The molecule has 0 heterocycles. The Morgan fingerprint density at radius 2 is 1.00 bits per heavy atom. The van der Waals surface area contributed by atoms with E-state index in [1.165, 1.54) is 80.9 Å². The second-order valence-electron chi connectivity index (χ2n) is 6.58. The van der Waals surface area contributed by atoms with Crippen molar-refractivity contribution in [1.29, 1.82) is 0 Å². The molecular formula is C18H38P2. The van der Waals surface area contributed by atoms with Crippen LogP contribution in [-0.2, 0) is 0 Å². The highest BCUT2D eigenvalue weighted by Crippen LogP contribution is 2.40. The molecule has 0 aliphatic heterocycles. The minimum atomic E-state index is 1.12. The van der Waals surface area contributed by atoms with Crippen LogP contribution in [0, 0.1) is 0 Å². The van der Waals surface area contributed by atoms with Gasteiger partial charge in [0.05, 0.1) is 0 Å². The SMILES string of the molecule is CCCCCCPC1CCC(PCCCCCC)CC1. The Labute approximate surface area is 132 Å². The normalized spacial score (nSPS) is 24.3. The van der Waals surface area contributed by atoms with Crippen molar-refractivity contribution in [3.63, 3.8) is 0 Å². The molecule has 0 N–H and O–H groups in total. The van der Waals surface area contributed by atoms with Crippen molar-refractivity contribution in [2.75, 3.05) is 12.3 Å². The first-order valence-corrected chi connectivity index (χ1v) is 11.9. The summed E-state index contributed by atoms with van der Waals surface area (Å²) >= 11 is 0. The number of hydrogen-bond acceptors (Lipinski definition) is 0. The van der Waals surface area contributed by atoms with Gasteiger partial charge in [0.15, 0.2) is 0 Å². The summed E-state index contributed by atoms with van der Waals surface area (Å²) in [6.45, 7) is 4.62. The molecule has 0 nitrogen and oxygen atoms in total. The van der Waals surface area contributed by atoms with E-state index < -0.39 is 0 Å². The molecule has 0 amide bonds. The fourth-order valence-corrected chi connectivity index (χ4v) is 6.43. The summed E-state index contributed by atoms with van der Waals surface area (Å²) < 4.78 is 0. The third-order valence-electron chi connectivity index (χ3n) is 4.65. The Bertz CT molecular complexity index is 176. The van der Waals surface area contributed by atoms with Gasteiger partial charge in [-0.2, -0.15) is 0 Å². The molecule has 1 fully saturated rings. The van der Waals surface area contributed by atoms with Crippen molar-refractivity contribution >= 4 is 17.2 Å². The third kappa shape index (κ3) is 9.73. The van der Waals surface area contributed by atoms with Gasteiger partial charge in [-0.1, -0.05) is 52.4 Å². The van der Waals surface area contributed by atoms with Crippen molar-refractivity contribution < 1.29 is 0 Å². The highest BCUT2D eigenvalue weighted by molar-refractivity contribution is 7.39. The molecule has 0 spiro atoms. The maximum Gasteiger partial charge on any atom is -0.0236 e. The number of rotatable bonds is 12. The van der Waals surface area contributed by atoms with Crippen LogP contribution in [0.2, 0.25) is 0 Å². The topological polar surface area (TPSA) is 0 Å². The molecule has 0 aromatic rings. The Kier molecular flexibility index (Phi) is 12.8. The number of unbranched alkanes of at least 4 members (excludes halogenated alkanes) is 6. The van der Waals surface area contributed by atoms with Gasteiger partial charge in [0.25, 0.3) is 0 Å². The average Bonchev–Trinajstić information content (AvgIpc) is 2.48. The summed E-state index contributed by atoms with van der Waals surface area (Å²) in [6.07, 6.45) is 21.0. The van der Waals surface area contributed by atoms with Crippen LogP contribution >= 0.6 is 17.2 Å². The maximum absolute atomic E-state index is 2.31. The van der Waals surface area contributed by atoms with Crippen LogP contribution in [0.4, 0.5) is 0 Å². The summed E-state index contributed by atoms with van der Waals surface area (Å²) in [5.41, 5.74) is 2.25. The molecular weight excluding hydrogens is 278 g/mol. The summed E-state index contributed by atoms with van der Waals surface area (Å²) in [6, 6.07) is 0. The van der Waals surface area contributed by atoms with Gasteiger partial charge in [0, 0.05) is 0 Å². The second kappa shape index (κ2) is 13.5.